The van der Waals surface area contributed by atoms with Crippen LogP contribution in [0.1, 0.15) is 12.0 Å². The molecule has 0 saturated carbocycles. The standard InChI is InChI=1S/C19H19Cl2N3O2/c1-12-7-8-13(11-15(12)21)22-19(26)23(2)17-9-10-24(18(17)25)16-6-4-3-5-14(16)20/h3-8,11,17H,9-10H2,1-2H3,(H,22,26). The molecule has 1 unspecified atom stereocenters. The van der Waals surface area contributed by atoms with Crippen molar-refractivity contribution in [2.45, 2.75) is 19.4 Å². The van der Waals surface area contributed by atoms with Crippen LogP contribution in [0.15, 0.2) is 42.5 Å². The number of anilines is 2. The van der Waals surface area contributed by atoms with E-state index in [1.807, 2.05) is 25.1 Å². The average molecular weight is 392 g/mol. The molecule has 3 rings (SSSR count). The summed E-state index contributed by atoms with van der Waals surface area (Å²) >= 11 is 12.3. The van der Waals surface area contributed by atoms with Crippen molar-refractivity contribution in [3.63, 3.8) is 0 Å². The first-order chi connectivity index (χ1) is 12.4. The third kappa shape index (κ3) is 3.64. The molecule has 7 heteroatoms. The second-order valence-electron chi connectivity index (χ2n) is 6.25. The summed E-state index contributed by atoms with van der Waals surface area (Å²) in [6.45, 7) is 2.40. The summed E-state index contributed by atoms with van der Waals surface area (Å²) < 4.78 is 0. The van der Waals surface area contributed by atoms with Gasteiger partial charge in [-0.15, -0.1) is 0 Å². The number of benzene rings is 2. The summed E-state index contributed by atoms with van der Waals surface area (Å²) in [4.78, 5) is 28.4. The second kappa shape index (κ2) is 7.56. The number of nitrogens with zero attached hydrogens (tertiary/aromatic N) is 2. The van der Waals surface area contributed by atoms with E-state index in [0.29, 0.717) is 34.4 Å². The fraction of sp³-hybridized carbons (Fsp3) is 0.263. The highest BCUT2D eigenvalue weighted by atomic mass is 35.5. The molecule has 26 heavy (non-hydrogen) atoms. The van der Waals surface area contributed by atoms with Crippen LogP contribution in [0.3, 0.4) is 0 Å². The smallest absolute Gasteiger partial charge is 0.315 e. The minimum Gasteiger partial charge on any atom is -0.315 e. The van der Waals surface area contributed by atoms with Crippen molar-refractivity contribution in [1.29, 1.82) is 0 Å². The molecular formula is C19H19Cl2N3O2. The van der Waals surface area contributed by atoms with Crippen molar-refractivity contribution in [3.05, 3.63) is 58.1 Å². The van der Waals surface area contributed by atoms with Crippen LogP contribution < -0.4 is 10.2 Å². The summed E-state index contributed by atoms with van der Waals surface area (Å²) in [7, 11) is 1.61. The number of amides is 3. The minimum atomic E-state index is -0.535. The van der Waals surface area contributed by atoms with Crippen LogP contribution >= 0.6 is 23.2 Å². The Balaban J connectivity index is 1.70. The Kier molecular flexibility index (Phi) is 5.39. The van der Waals surface area contributed by atoms with Gasteiger partial charge >= 0.3 is 6.03 Å². The topological polar surface area (TPSA) is 52.7 Å². The minimum absolute atomic E-state index is 0.141. The fourth-order valence-corrected chi connectivity index (χ4v) is 3.38. The third-order valence-corrected chi connectivity index (χ3v) is 5.26. The molecule has 0 bridgehead atoms. The molecule has 2 aromatic rings. The van der Waals surface area contributed by atoms with Crippen molar-refractivity contribution in [2.24, 2.45) is 0 Å². The molecule has 1 aliphatic heterocycles. The molecule has 1 atom stereocenters. The molecule has 3 amide bonds. The molecule has 1 aliphatic rings. The maximum absolute atomic E-state index is 12.8. The lowest BCUT2D eigenvalue weighted by atomic mass is 10.2. The summed E-state index contributed by atoms with van der Waals surface area (Å²) in [5.74, 6) is -0.141. The number of hydrogen-bond acceptors (Lipinski definition) is 2. The Labute approximate surface area is 162 Å². The number of aryl methyl sites for hydroxylation is 1. The molecule has 1 N–H and O–H groups in total. The van der Waals surface area contributed by atoms with Crippen LogP contribution in [0.25, 0.3) is 0 Å². The predicted octanol–water partition coefficient (Wildman–Crippen LogP) is 4.57. The van der Waals surface area contributed by atoms with Crippen molar-refractivity contribution < 1.29 is 9.59 Å². The first-order valence-corrected chi connectivity index (χ1v) is 9.00. The van der Waals surface area contributed by atoms with E-state index in [1.165, 1.54) is 4.90 Å². The number of urea groups is 1. The highest BCUT2D eigenvalue weighted by Gasteiger charge is 2.37. The Morgan fingerprint density at radius 3 is 2.62 bits per heavy atom. The van der Waals surface area contributed by atoms with Gasteiger partial charge in [-0.3, -0.25) is 4.79 Å². The molecule has 2 aromatic carbocycles. The van der Waals surface area contributed by atoms with Gasteiger partial charge in [-0.25, -0.2) is 4.79 Å². The molecule has 136 valence electrons. The zero-order chi connectivity index (χ0) is 18.8. The first-order valence-electron chi connectivity index (χ1n) is 8.24. The zero-order valence-corrected chi connectivity index (χ0v) is 16.0. The molecule has 0 aliphatic carbocycles. The number of para-hydroxylation sites is 1. The summed E-state index contributed by atoms with van der Waals surface area (Å²) in [5, 5.41) is 3.87. The molecule has 1 fully saturated rings. The van der Waals surface area contributed by atoms with Crippen LogP contribution in [0.4, 0.5) is 16.2 Å². The number of carbonyl (C=O) groups is 2. The number of halogens is 2. The van der Waals surface area contributed by atoms with Crippen LogP contribution in [-0.4, -0.2) is 36.5 Å². The maximum Gasteiger partial charge on any atom is 0.322 e. The number of likely N-dealkylation sites (N-methyl/N-ethyl adjacent to an activating group) is 1. The fourth-order valence-electron chi connectivity index (χ4n) is 2.96. The van der Waals surface area contributed by atoms with Gasteiger partial charge in [0.1, 0.15) is 6.04 Å². The second-order valence-corrected chi connectivity index (χ2v) is 7.07. The largest absolute Gasteiger partial charge is 0.322 e. The quantitative estimate of drug-likeness (QED) is 0.832. The van der Waals surface area contributed by atoms with Gasteiger partial charge in [0.05, 0.1) is 10.7 Å². The molecular weight excluding hydrogens is 373 g/mol. The van der Waals surface area contributed by atoms with Crippen LogP contribution in [0, 0.1) is 6.92 Å². The van der Waals surface area contributed by atoms with E-state index >= 15 is 0 Å². The predicted molar refractivity (Wildman–Crippen MR) is 105 cm³/mol. The van der Waals surface area contributed by atoms with E-state index in [9.17, 15) is 9.59 Å². The van der Waals surface area contributed by atoms with Gasteiger partial charge in [0.15, 0.2) is 0 Å². The summed E-state index contributed by atoms with van der Waals surface area (Å²) in [5.41, 5.74) is 2.19. The first kappa shape index (κ1) is 18.5. The van der Waals surface area contributed by atoms with Gasteiger partial charge in [0.2, 0.25) is 5.91 Å². The Morgan fingerprint density at radius 2 is 1.92 bits per heavy atom. The summed E-state index contributed by atoms with van der Waals surface area (Å²) in [6, 6.07) is 11.6. The number of nitrogens with one attached hydrogen (secondary N) is 1. The van der Waals surface area contributed by atoms with Crippen LogP contribution in [0.2, 0.25) is 10.0 Å². The number of carbonyl (C=O) groups excluding carboxylic acids is 2. The normalized spacial score (nSPS) is 16.7. The van der Waals surface area contributed by atoms with Gasteiger partial charge in [0.25, 0.3) is 0 Å². The van der Waals surface area contributed by atoms with Gasteiger partial charge in [-0.05, 0) is 43.2 Å². The summed E-state index contributed by atoms with van der Waals surface area (Å²) in [6.07, 6.45) is 0.544. The number of rotatable bonds is 3. The van der Waals surface area contributed by atoms with Gasteiger partial charge in [0, 0.05) is 24.3 Å². The van der Waals surface area contributed by atoms with Gasteiger partial charge < -0.3 is 15.1 Å². The lowest BCUT2D eigenvalue weighted by Gasteiger charge is -2.24. The molecule has 1 heterocycles. The Morgan fingerprint density at radius 1 is 1.19 bits per heavy atom. The SMILES string of the molecule is Cc1ccc(NC(=O)N(C)C2CCN(c3ccccc3Cl)C2=O)cc1Cl. The Hall–Kier alpha value is -2.24. The maximum atomic E-state index is 12.8. The van der Waals surface area contributed by atoms with E-state index in [4.69, 9.17) is 23.2 Å². The Bertz CT molecular complexity index is 856. The highest BCUT2D eigenvalue weighted by Crippen LogP contribution is 2.30. The highest BCUT2D eigenvalue weighted by molar-refractivity contribution is 6.34. The van der Waals surface area contributed by atoms with Crippen molar-refractivity contribution >= 4 is 46.5 Å². The van der Waals surface area contributed by atoms with E-state index in [2.05, 4.69) is 5.32 Å². The monoisotopic (exact) mass is 391 g/mol. The van der Waals surface area contributed by atoms with E-state index < -0.39 is 6.04 Å². The molecule has 0 spiro atoms. The molecule has 0 radical (unpaired) electrons. The van der Waals surface area contributed by atoms with Crippen molar-refractivity contribution in [2.75, 3.05) is 23.8 Å². The zero-order valence-electron chi connectivity index (χ0n) is 14.5. The number of hydrogen-bond donors (Lipinski definition) is 1. The van der Waals surface area contributed by atoms with E-state index in [0.717, 1.165) is 5.56 Å². The van der Waals surface area contributed by atoms with Crippen molar-refractivity contribution in [1.82, 2.24) is 4.90 Å². The molecule has 1 saturated heterocycles. The van der Waals surface area contributed by atoms with Gasteiger partial charge in [-0.1, -0.05) is 41.4 Å². The molecule has 5 nitrogen and oxygen atoms in total. The molecule has 0 aromatic heterocycles. The van der Waals surface area contributed by atoms with E-state index in [1.54, 1.807) is 36.2 Å². The van der Waals surface area contributed by atoms with Crippen LogP contribution in [-0.2, 0) is 4.79 Å². The lowest BCUT2D eigenvalue weighted by Crippen LogP contribution is -2.44. The van der Waals surface area contributed by atoms with Crippen molar-refractivity contribution in [3.8, 4) is 0 Å². The lowest BCUT2D eigenvalue weighted by molar-refractivity contribution is -0.120. The average Bonchev–Trinajstić information content (AvgIpc) is 2.99. The van der Waals surface area contributed by atoms with Gasteiger partial charge in [-0.2, -0.15) is 0 Å². The third-order valence-electron chi connectivity index (χ3n) is 4.53. The van der Waals surface area contributed by atoms with E-state index in [-0.39, 0.29) is 11.9 Å². The van der Waals surface area contributed by atoms with Crippen LogP contribution in [0.5, 0.6) is 0 Å².